The Balaban J connectivity index is 2.25. The van der Waals surface area contributed by atoms with Gasteiger partial charge in [0, 0.05) is 42.9 Å². The first-order valence-corrected chi connectivity index (χ1v) is 12.3. The minimum Gasteiger partial charge on any atom is -0.377 e. The van der Waals surface area contributed by atoms with Gasteiger partial charge in [-0.3, -0.25) is 4.31 Å². The Morgan fingerprint density at radius 2 is 1.50 bits per heavy atom. The molecule has 1 aliphatic rings. The maximum atomic E-state index is 13.8. The molecule has 0 amide bonds. The summed E-state index contributed by atoms with van der Waals surface area (Å²) in [5.74, 6) is 0. The zero-order valence-corrected chi connectivity index (χ0v) is 20.9. The first-order valence-electron chi connectivity index (χ1n) is 9.75. The van der Waals surface area contributed by atoms with E-state index in [2.05, 4.69) is 15.9 Å². The van der Waals surface area contributed by atoms with Crippen LogP contribution >= 0.6 is 15.9 Å². The Hall–Kier alpha value is -1.61. The number of anilines is 1. The number of alkyl halides is 1. The van der Waals surface area contributed by atoms with Gasteiger partial charge < -0.3 is 4.90 Å². The number of benzene rings is 2. The topological polar surface area (TPSA) is 63.8 Å². The fourth-order valence-electron chi connectivity index (χ4n) is 4.53. The molecular formula is C22H29BrN3O3S. The van der Waals surface area contributed by atoms with Gasteiger partial charge >= 0.3 is 0 Å². The second-order valence-corrected chi connectivity index (χ2v) is 11.4. The van der Waals surface area contributed by atoms with Gasteiger partial charge in [-0.25, -0.2) is 8.42 Å². The van der Waals surface area contributed by atoms with Crippen LogP contribution in [0.5, 0.6) is 0 Å². The van der Waals surface area contributed by atoms with Crippen LogP contribution in [0.3, 0.4) is 0 Å². The minimum absolute atomic E-state index is 0.227. The summed E-state index contributed by atoms with van der Waals surface area (Å²) in [5, 5.41) is 16.0. The standard InChI is InChI=1S/C22H29BrN3O3S/c1-21(2)17(14-23)20(22(3,4)26(21)27)25(7)30(28,29)19-13-9-10-15-16(19)11-8-12-18(15)24(5)6/h8-13H,14H2,1-7H3. The van der Waals surface area contributed by atoms with Crippen LogP contribution in [0.15, 0.2) is 52.6 Å². The highest BCUT2D eigenvalue weighted by Gasteiger charge is 2.54. The quantitative estimate of drug-likeness (QED) is 0.578. The van der Waals surface area contributed by atoms with Crippen LogP contribution in [0.2, 0.25) is 0 Å². The van der Waals surface area contributed by atoms with Crippen molar-refractivity contribution in [3.05, 3.63) is 47.7 Å². The van der Waals surface area contributed by atoms with E-state index in [4.69, 9.17) is 0 Å². The van der Waals surface area contributed by atoms with Gasteiger partial charge in [0.2, 0.25) is 0 Å². The SMILES string of the molecule is CN(C)c1cccc2c(S(=O)(=O)N(C)C3=C(CBr)C(C)(C)N([O])C3(C)C)cccc12. The average Bonchev–Trinajstić information content (AvgIpc) is 2.82. The lowest BCUT2D eigenvalue weighted by Crippen LogP contribution is -2.49. The molecule has 8 heteroatoms. The first-order chi connectivity index (χ1) is 13.8. The molecule has 3 rings (SSSR count). The minimum atomic E-state index is -3.91. The molecule has 1 aliphatic heterocycles. The van der Waals surface area contributed by atoms with E-state index in [-0.39, 0.29) is 4.90 Å². The van der Waals surface area contributed by atoms with Gasteiger partial charge in [0.15, 0.2) is 0 Å². The van der Waals surface area contributed by atoms with Crippen LogP contribution < -0.4 is 4.90 Å². The first kappa shape index (κ1) is 23.1. The maximum Gasteiger partial charge on any atom is 0.264 e. The predicted molar refractivity (Wildman–Crippen MR) is 125 cm³/mol. The summed E-state index contributed by atoms with van der Waals surface area (Å²) < 4.78 is 28.9. The van der Waals surface area contributed by atoms with Crippen molar-refractivity contribution in [2.75, 3.05) is 31.4 Å². The van der Waals surface area contributed by atoms with E-state index in [1.54, 1.807) is 33.0 Å². The van der Waals surface area contributed by atoms with Crippen molar-refractivity contribution in [3.8, 4) is 0 Å². The lowest BCUT2D eigenvalue weighted by Gasteiger charge is -2.36. The second-order valence-electron chi connectivity index (χ2n) is 8.87. The molecule has 0 N–H and O–H groups in total. The second kappa shape index (κ2) is 7.51. The van der Waals surface area contributed by atoms with Gasteiger partial charge in [-0.2, -0.15) is 0 Å². The van der Waals surface area contributed by atoms with Crippen LogP contribution in [-0.4, -0.2) is 55.3 Å². The summed E-state index contributed by atoms with van der Waals surface area (Å²) in [4.78, 5) is 2.19. The normalized spacial score (nSPS) is 18.8. The van der Waals surface area contributed by atoms with E-state index in [9.17, 15) is 13.6 Å². The average molecular weight is 495 g/mol. The number of halogens is 1. The van der Waals surface area contributed by atoms with E-state index >= 15 is 0 Å². The number of hydrogen-bond donors (Lipinski definition) is 0. The molecule has 1 heterocycles. The fourth-order valence-corrected chi connectivity index (χ4v) is 7.05. The lowest BCUT2D eigenvalue weighted by molar-refractivity contribution is -0.241. The maximum absolute atomic E-state index is 13.8. The zero-order valence-electron chi connectivity index (χ0n) is 18.5. The molecular weight excluding hydrogens is 466 g/mol. The highest BCUT2D eigenvalue weighted by atomic mass is 79.9. The van der Waals surface area contributed by atoms with Crippen molar-refractivity contribution >= 4 is 42.4 Å². The summed E-state index contributed by atoms with van der Waals surface area (Å²) in [5.41, 5.74) is 0.417. The molecule has 163 valence electrons. The molecule has 0 spiro atoms. The number of hydroxylamine groups is 2. The van der Waals surface area contributed by atoms with Gasteiger partial charge in [-0.15, -0.1) is 10.3 Å². The van der Waals surface area contributed by atoms with E-state index in [1.165, 1.54) is 4.31 Å². The number of fused-ring (bicyclic) bond motifs is 1. The third-order valence-corrected chi connectivity index (χ3v) is 8.42. The monoisotopic (exact) mass is 494 g/mol. The third kappa shape index (κ3) is 3.25. The van der Waals surface area contributed by atoms with E-state index < -0.39 is 21.1 Å². The molecule has 0 atom stereocenters. The van der Waals surface area contributed by atoms with Crippen molar-refractivity contribution in [2.45, 2.75) is 43.7 Å². The highest BCUT2D eigenvalue weighted by molar-refractivity contribution is 9.09. The van der Waals surface area contributed by atoms with Gasteiger partial charge in [0.05, 0.1) is 21.7 Å². The van der Waals surface area contributed by atoms with Crippen molar-refractivity contribution in [2.24, 2.45) is 0 Å². The molecule has 0 saturated heterocycles. The molecule has 0 saturated carbocycles. The molecule has 30 heavy (non-hydrogen) atoms. The summed E-state index contributed by atoms with van der Waals surface area (Å²) in [6, 6.07) is 11.0. The van der Waals surface area contributed by atoms with Crippen LogP contribution in [0, 0.1) is 0 Å². The Bertz CT molecular complexity index is 1120. The van der Waals surface area contributed by atoms with Gasteiger partial charge in [0.1, 0.15) is 0 Å². The van der Waals surface area contributed by atoms with Gasteiger partial charge in [-0.1, -0.05) is 40.2 Å². The number of sulfonamides is 1. The Morgan fingerprint density at radius 3 is 2.07 bits per heavy atom. The van der Waals surface area contributed by atoms with Crippen LogP contribution in [0.4, 0.5) is 5.69 Å². The van der Waals surface area contributed by atoms with E-state index in [0.29, 0.717) is 16.4 Å². The summed E-state index contributed by atoms with van der Waals surface area (Å²) in [6.45, 7) is 7.19. The lowest BCUT2D eigenvalue weighted by atomic mass is 9.96. The molecule has 1 radical (unpaired) electrons. The molecule has 0 unspecified atom stereocenters. The van der Waals surface area contributed by atoms with E-state index in [0.717, 1.165) is 21.7 Å². The molecule has 6 nitrogen and oxygen atoms in total. The van der Waals surface area contributed by atoms with Crippen LogP contribution in [-0.2, 0) is 15.2 Å². The van der Waals surface area contributed by atoms with E-state index in [1.807, 2.05) is 57.1 Å². The highest BCUT2D eigenvalue weighted by Crippen LogP contribution is 2.47. The molecule has 2 aromatic carbocycles. The van der Waals surface area contributed by atoms with Crippen LogP contribution in [0.25, 0.3) is 10.8 Å². The van der Waals surface area contributed by atoms with Crippen molar-refractivity contribution < 1.29 is 13.6 Å². The van der Waals surface area contributed by atoms with Crippen molar-refractivity contribution in [3.63, 3.8) is 0 Å². The molecule has 0 aromatic heterocycles. The molecule has 0 aliphatic carbocycles. The van der Waals surface area contributed by atoms with Crippen molar-refractivity contribution in [1.29, 1.82) is 0 Å². The van der Waals surface area contributed by atoms with Gasteiger partial charge in [-0.05, 0) is 45.4 Å². The van der Waals surface area contributed by atoms with Crippen molar-refractivity contribution in [1.82, 2.24) is 9.37 Å². The Morgan fingerprint density at radius 1 is 0.933 bits per heavy atom. The van der Waals surface area contributed by atoms with Crippen LogP contribution in [0.1, 0.15) is 27.7 Å². The smallest absolute Gasteiger partial charge is 0.264 e. The Labute approximate surface area is 187 Å². The fraction of sp³-hybridized carbons (Fsp3) is 0.455. The predicted octanol–water partition coefficient (Wildman–Crippen LogP) is 4.39. The molecule has 0 bridgehead atoms. The number of likely N-dealkylation sites (N-methyl/N-ethyl adjacent to an activating group) is 1. The third-order valence-electron chi connectivity index (χ3n) is 6.05. The zero-order chi connectivity index (χ0) is 22.6. The molecule has 0 fully saturated rings. The summed E-state index contributed by atoms with van der Waals surface area (Å²) in [7, 11) is 1.50. The molecule has 2 aromatic rings. The number of hydrogen-bond acceptors (Lipinski definition) is 4. The Kier molecular flexibility index (Phi) is 5.77. The summed E-state index contributed by atoms with van der Waals surface area (Å²) >= 11 is 3.48. The van der Waals surface area contributed by atoms with Gasteiger partial charge in [0.25, 0.3) is 10.0 Å². The number of rotatable bonds is 5. The number of nitrogens with zero attached hydrogens (tertiary/aromatic N) is 3. The largest absolute Gasteiger partial charge is 0.377 e. The summed E-state index contributed by atoms with van der Waals surface area (Å²) in [6.07, 6.45) is 0.